The van der Waals surface area contributed by atoms with Gasteiger partial charge in [-0.3, -0.25) is 0 Å². The van der Waals surface area contributed by atoms with Gasteiger partial charge in [0.2, 0.25) is 0 Å². The molecule has 0 spiro atoms. The van der Waals surface area contributed by atoms with Crippen molar-refractivity contribution in [1.29, 1.82) is 0 Å². The van der Waals surface area contributed by atoms with Crippen LogP contribution >= 0.6 is 0 Å². The Labute approximate surface area is 91.6 Å². The van der Waals surface area contributed by atoms with Gasteiger partial charge in [-0.1, -0.05) is 12.8 Å². The van der Waals surface area contributed by atoms with Crippen molar-refractivity contribution in [2.45, 2.75) is 32.6 Å². The molecule has 2 N–H and O–H groups in total. The molecule has 4 heteroatoms. The second-order valence-electron chi connectivity index (χ2n) is 4.14. The highest BCUT2D eigenvalue weighted by Gasteiger charge is 2.17. The minimum absolute atomic E-state index is 0.0324. The third kappa shape index (κ3) is 4.08. The Hall–Kier alpha value is -0.770. The van der Waals surface area contributed by atoms with Crippen LogP contribution in [0.25, 0.3) is 0 Å². The van der Waals surface area contributed by atoms with Crippen LogP contribution in [0, 0.1) is 5.92 Å². The zero-order valence-electron chi connectivity index (χ0n) is 9.54. The van der Waals surface area contributed by atoms with Crippen molar-refractivity contribution in [3.05, 3.63) is 0 Å². The Kier molecular flexibility index (Phi) is 5.47. The van der Waals surface area contributed by atoms with Gasteiger partial charge in [0.05, 0.1) is 6.61 Å². The largest absolute Gasteiger partial charge is 0.395 e. The topological polar surface area (TPSA) is 52.6 Å². The fraction of sp³-hybridized carbons (Fsp3) is 0.909. The molecule has 88 valence electrons. The molecule has 0 aromatic rings. The first-order chi connectivity index (χ1) is 7.27. The lowest BCUT2D eigenvalue weighted by Crippen LogP contribution is -2.42. The monoisotopic (exact) mass is 214 g/mol. The predicted octanol–water partition coefficient (Wildman–Crippen LogP) is 1.20. The van der Waals surface area contributed by atoms with Gasteiger partial charge in [-0.25, -0.2) is 4.79 Å². The molecular formula is C11H22N2O2. The zero-order chi connectivity index (χ0) is 11.1. The number of nitrogens with one attached hydrogen (secondary N) is 1. The van der Waals surface area contributed by atoms with Gasteiger partial charge < -0.3 is 15.3 Å². The maximum atomic E-state index is 11.6. The Morgan fingerprint density at radius 2 is 2.13 bits per heavy atom. The number of nitrogens with zero attached hydrogens (tertiary/aromatic N) is 1. The minimum Gasteiger partial charge on any atom is -0.395 e. The summed E-state index contributed by atoms with van der Waals surface area (Å²) in [5.41, 5.74) is 0. The van der Waals surface area contributed by atoms with E-state index in [4.69, 9.17) is 5.11 Å². The van der Waals surface area contributed by atoms with Crippen LogP contribution in [0.2, 0.25) is 0 Å². The number of aliphatic hydroxyl groups excluding tert-OH is 1. The van der Waals surface area contributed by atoms with Gasteiger partial charge in [-0.15, -0.1) is 0 Å². The third-order valence-corrected chi connectivity index (χ3v) is 3.06. The number of carbonyl (C=O) groups is 1. The molecule has 0 atom stereocenters. The maximum Gasteiger partial charge on any atom is 0.317 e. The van der Waals surface area contributed by atoms with E-state index >= 15 is 0 Å². The van der Waals surface area contributed by atoms with Crippen LogP contribution in [0.5, 0.6) is 0 Å². The second kappa shape index (κ2) is 6.67. The summed E-state index contributed by atoms with van der Waals surface area (Å²) in [5, 5.41) is 11.7. The van der Waals surface area contributed by atoms with Gasteiger partial charge in [-0.05, 0) is 25.7 Å². The van der Waals surface area contributed by atoms with Crippen LogP contribution in [0.15, 0.2) is 0 Å². The molecule has 0 radical (unpaired) electrons. The van der Waals surface area contributed by atoms with Crippen LogP contribution in [-0.2, 0) is 0 Å². The van der Waals surface area contributed by atoms with Crippen molar-refractivity contribution in [3.8, 4) is 0 Å². The number of amides is 2. The van der Waals surface area contributed by atoms with Gasteiger partial charge in [0.25, 0.3) is 0 Å². The summed E-state index contributed by atoms with van der Waals surface area (Å²) >= 11 is 0. The fourth-order valence-corrected chi connectivity index (χ4v) is 2.08. The summed E-state index contributed by atoms with van der Waals surface area (Å²) in [7, 11) is 0. The van der Waals surface area contributed by atoms with Crippen molar-refractivity contribution in [1.82, 2.24) is 10.2 Å². The van der Waals surface area contributed by atoms with E-state index < -0.39 is 0 Å². The van der Waals surface area contributed by atoms with Crippen LogP contribution in [0.4, 0.5) is 4.79 Å². The number of hydrogen-bond acceptors (Lipinski definition) is 2. The molecule has 1 aliphatic rings. The van der Waals surface area contributed by atoms with E-state index in [1.165, 1.54) is 25.7 Å². The van der Waals surface area contributed by atoms with Gasteiger partial charge in [0, 0.05) is 19.6 Å². The van der Waals surface area contributed by atoms with Gasteiger partial charge in [-0.2, -0.15) is 0 Å². The van der Waals surface area contributed by atoms with E-state index in [0.29, 0.717) is 19.0 Å². The van der Waals surface area contributed by atoms with Crippen LogP contribution in [-0.4, -0.2) is 42.3 Å². The highest BCUT2D eigenvalue weighted by atomic mass is 16.3. The highest BCUT2D eigenvalue weighted by Crippen LogP contribution is 2.23. The molecule has 1 aliphatic carbocycles. The molecule has 0 unspecified atom stereocenters. The standard InChI is InChI=1S/C11H22N2O2/c1-2-13(7-8-14)11(15)12-9-10-5-3-4-6-10/h10,14H,2-9H2,1H3,(H,12,15). The molecule has 1 saturated carbocycles. The van der Waals surface area contributed by atoms with E-state index in [0.717, 1.165) is 6.54 Å². The molecule has 0 aromatic carbocycles. The highest BCUT2D eigenvalue weighted by molar-refractivity contribution is 5.74. The molecule has 0 saturated heterocycles. The van der Waals surface area contributed by atoms with E-state index in [-0.39, 0.29) is 12.6 Å². The van der Waals surface area contributed by atoms with Crippen molar-refractivity contribution in [3.63, 3.8) is 0 Å². The van der Waals surface area contributed by atoms with Gasteiger partial charge >= 0.3 is 6.03 Å². The van der Waals surface area contributed by atoms with Crippen molar-refractivity contribution in [2.24, 2.45) is 5.92 Å². The van der Waals surface area contributed by atoms with E-state index in [1.54, 1.807) is 4.90 Å². The van der Waals surface area contributed by atoms with E-state index in [1.807, 2.05) is 6.92 Å². The summed E-state index contributed by atoms with van der Waals surface area (Å²) < 4.78 is 0. The Balaban J connectivity index is 2.20. The van der Waals surface area contributed by atoms with Gasteiger partial charge in [0.1, 0.15) is 0 Å². The molecule has 0 heterocycles. The first kappa shape index (κ1) is 12.3. The summed E-state index contributed by atoms with van der Waals surface area (Å²) in [4.78, 5) is 13.3. The molecule has 0 aromatic heterocycles. The molecular weight excluding hydrogens is 192 g/mol. The van der Waals surface area contributed by atoms with Crippen molar-refractivity contribution >= 4 is 6.03 Å². The molecule has 1 fully saturated rings. The SMILES string of the molecule is CCN(CCO)C(=O)NCC1CCCC1. The van der Waals surface area contributed by atoms with Crippen LogP contribution in [0.1, 0.15) is 32.6 Å². The molecule has 2 amide bonds. The second-order valence-corrected chi connectivity index (χ2v) is 4.14. The van der Waals surface area contributed by atoms with Crippen molar-refractivity contribution in [2.75, 3.05) is 26.2 Å². The number of aliphatic hydroxyl groups is 1. The Morgan fingerprint density at radius 1 is 1.47 bits per heavy atom. The smallest absolute Gasteiger partial charge is 0.317 e. The molecule has 1 rings (SSSR count). The molecule has 0 aliphatic heterocycles. The Morgan fingerprint density at radius 3 is 2.67 bits per heavy atom. The number of urea groups is 1. The maximum absolute atomic E-state index is 11.6. The summed E-state index contributed by atoms with van der Waals surface area (Å²) in [5.74, 6) is 0.668. The van der Waals surface area contributed by atoms with E-state index in [2.05, 4.69) is 5.32 Å². The van der Waals surface area contributed by atoms with Gasteiger partial charge in [0.15, 0.2) is 0 Å². The predicted molar refractivity (Wildman–Crippen MR) is 59.7 cm³/mol. The van der Waals surface area contributed by atoms with Crippen molar-refractivity contribution < 1.29 is 9.90 Å². The molecule has 15 heavy (non-hydrogen) atoms. The summed E-state index contributed by atoms with van der Waals surface area (Å²) in [6.07, 6.45) is 5.09. The number of hydrogen-bond donors (Lipinski definition) is 2. The zero-order valence-corrected chi connectivity index (χ0v) is 9.54. The third-order valence-electron chi connectivity index (χ3n) is 3.06. The van der Waals surface area contributed by atoms with Crippen LogP contribution < -0.4 is 5.32 Å². The normalized spacial score (nSPS) is 16.7. The lowest BCUT2D eigenvalue weighted by molar-refractivity contribution is 0.179. The molecule has 4 nitrogen and oxygen atoms in total. The minimum atomic E-state index is -0.0431. The summed E-state index contributed by atoms with van der Waals surface area (Å²) in [6, 6.07) is -0.0431. The lowest BCUT2D eigenvalue weighted by atomic mass is 10.1. The summed E-state index contributed by atoms with van der Waals surface area (Å²) in [6.45, 7) is 3.82. The van der Waals surface area contributed by atoms with E-state index in [9.17, 15) is 4.79 Å². The number of rotatable bonds is 5. The molecule has 0 bridgehead atoms. The first-order valence-electron chi connectivity index (χ1n) is 5.91. The average Bonchev–Trinajstić information content (AvgIpc) is 2.75. The number of likely N-dealkylation sites (N-methyl/N-ethyl adjacent to an activating group) is 1. The average molecular weight is 214 g/mol. The number of carbonyl (C=O) groups excluding carboxylic acids is 1. The first-order valence-corrected chi connectivity index (χ1v) is 5.91. The fourth-order valence-electron chi connectivity index (χ4n) is 2.08. The Bertz CT molecular complexity index is 191. The quantitative estimate of drug-likeness (QED) is 0.722. The van der Waals surface area contributed by atoms with Crippen LogP contribution in [0.3, 0.4) is 0 Å². The lowest BCUT2D eigenvalue weighted by Gasteiger charge is -2.21.